The second kappa shape index (κ2) is 16.4. The molecule has 2 heterocycles. The molecule has 3 aromatic rings. The molecule has 34 heavy (non-hydrogen) atoms. The van der Waals surface area contributed by atoms with Gasteiger partial charge in [-0.05, 0) is 35.7 Å². The molecule has 0 atom stereocenters. The summed E-state index contributed by atoms with van der Waals surface area (Å²) in [6.07, 6.45) is 21.1. The highest BCUT2D eigenvalue weighted by Gasteiger charge is 2.19. The van der Waals surface area contributed by atoms with Crippen molar-refractivity contribution in [2.75, 3.05) is 13.2 Å². The van der Waals surface area contributed by atoms with Gasteiger partial charge in [0.2, 0.25) is 0 Å². The Labute approximate surface area is 216 Å². The summed E-state index contributed by atoms with van der Waals surface area (Å²) >= 11 is 3.64. The van der Waals surface area contributed by atoms with E-state index in [1.165, 1.54) is 110 Å². The molecule has 0 aliphatic heterocycles. The van der Waals surface area contributed by atoms with Crippen molar-refractivity contribution in [3.05, 3.63) is 22.9 Å². The first-order valence-electron chi connectivity index (χ1n) is 14.0. The maximum Gasteiger partial charge on any atom is 0.170 e. The van der Waals surface area contributed by atoms with Gasteiger partial charge in [0.1, 0.15) is 0 Å². The fourth-order valence-corrected chi connectivity index (χ4v) is 6.66. The van der Waals surface area contributed by atoms with E-state index in [4.69, 9.17) is 9.47 Å². The van der Waals surface area contributed by atoms with Crippen molar-refractivity contribution in [1.29, 1.82) is 0 Å². The Morgan fingerprint density at radius 3 is 1.24 bits per heavy atom. The van der Waals surface area contributed by atoms with Crippen molar-refractivity contribution in [3.8, 4) is 11.5 Å². The standard InChI is InChI=1S/C30H46O2S2/c1-3-5-7-9-11-13-15-17-21-31-27-25-19-23-33-29(25)30-26(20-24-34-30)28(27)32-22-18-16-14-12-10-8-6-4-2/h19-20,23-24H,3-18,21-22H2,1-2H3. The van der Waals surface area contributed by atoms with Crippen molar-refractivity contribution in [2.24, 2.45) is 0 Å². The van der Waals surface area contributed by atoms with Crippen LogP contribution < -0.4 is 9.47 Å². The van der Waals surface area contributed by atoms with Crippen LogP contribution in [0.25, 0.3) is 20.2 Å². The van der Waals surface area contributed by atoms with Crippen LogP contribution in [-0.2, 0) is 0 Å². The molecule has 2 aromatic heterocycles. The highest BCUT2D eigenvalue weighted by atomic mass is 32.1. The van der Waals surface area contributed by atoms with Crippen LogP contribution in [0.15, 0.2) is 22.9 Å². The molecule has 1 aromatic carbocycles. The molecule has 0 saturated heterocycles. The quantitative estimate of drug-likeness (QED) is 0.143. The van der Waals surface area contributed by atoms with E-state index in [1.54, 1.807) is 0 Å². The van der Waals surface area contributed by atoms with Crippen LogP contribution in [0.5, 0.6) is 11.5 Å². The minimum absolute atomic E-state index is 0.781. The zero-order valence-electron chi connectivity index (χ0n) is 21.7. The van der Waals surface area contributed by atoms with Crippen LogP contribution in [0.4, 0.5) is 0 Å². The third kappa shape index (κ3) is 8.45. The lowest BCUT2D eigenvalue weighted by molar-refractivity contribution is 0.263. The van der Waals surface area contributed by atoms with E-state index in [-0.39, 0.29) is 0 Å². The molecule has 4 heteroatoms. The second-order valence-corrected chi connectivity index (χ2v) is 11.5. The summed E-state index contributed by atoms with van der Waals surface area (Å²) in [5, 5.41) is 6.83. The molecule has 0 aliphatic rings. The maximum atomic E-state index is 6.45. The van der Waals surface area contributed by atoms with Gasteiger partial charge in [0.25, 0.3) is 0 Å². The Morgan fingerprint density at radius 1 is 0.500 bits per heavy atom. The molecule has 3 rings (SSSR count). The molecular weight excluding hydrogens is 456 g/mol. The first-order chi connectivity index (χ1) is 16.9. The Hall–Kier alpha value is -1.26. The van der Waals surface area contributed by atoms with Crippen LogP contribution >= 0.6 is 22.7 Å². The number of benzene rings is 1. The van der Waals surface area contributed by atoms with Gasteiger partial charge in [0.05, 0.1) is 22.6 Å². The van der Waals surface area contributed by atoms with Gasteiger partial charge in [-0.2, -0.15) is 0 Å². The van der Waals surface area contributed by atoms with E-state index in [1.807, 2.05) is 22.7 Å². The summed E-state index contributed by atoms with van der Waals surface area (Å²) in [5.74, 6) is 1.95. The second-order valence-electron chi connectivity index (χ2n) is 9.63. The Bertz CT molecular complexity index is 851. The normalized spacial score (nSPS) is 11.6. The van der Waals surface area contributed by atoms with Crippen molar-refractivity contribution < 1.29 is 9.47 Å². The summed E-state index contributed by atoms with van der Waals surface area (Å²) in [4.78, 5) is 0. The summed E-state index contributed by atoms with van der Waals surface area (Å²) < 4.78 is 15.6. The monoisotopic (exact) mass is 502 g/mol. The largest absolute Gasteiger partial charge is 0.489 e. The number of hydrogen-bond donors (Lipinski definition) is 0. The van der Waals surface area contributed by atoms with Crippen LogP contribution in [0.3, 0.4) is 0 Å². The van der Waals surface area contributed by atoms with Crippen molar-refractivity contribution >= 4 is 42.8 Å². The number of fused-ring (bicyclic) bond motifs is 3. The van der Waals surface area contributed by atoms with Gasteiger partial charge in [-0.1, -0.05) is 104 Å². The van der Waals surface area contributed by atoms with Crippen molar-refractivity contribution in [2.45, 2.75) is 117 Å². The molecule has 0 bridgehead atoms. The Kier molecular flexibility index (Phi) is 13.2. The summed E-state index contributed by atoms with van der Waals surface area (Å²) in [5.41, 5.74) is 0. The van der Waals surface area contributed by atoms with Crippen LogP contribution in [0.1, 0.15) is 117 Å². The molecule has 0 saturated carbocycles. The van der Waals surface area contributed by atoms with Gasteiger partial charge in [-0.3, -0.25) is 0 Å². The molecule has 0 spiro atoms. The Balaban J connectivity index is 1.51. The molecule has 0 N–H and O–H groups in total. The highest BCUT2D eigenvalue weighted by molar-refractivity contribution is 7.25. The number of unbranched alkanes of at least 4 members (excludes halogenated alkanes) is 14. The van der Waals surface area contributed by atoms with E-state index in [0.29, 0.717) is 0 Å². The molecule has 0 unspecified atom stereocenters. The third-order valence-electron chi connectivity index (χ3n) is 6.72. The average molecular weight is 503 g/mol. The molecule has 190 valence electrons. The highest BCUT2D eigenvalue weighted by Crippen LogP contribution is 2.47. The number of ether oxygens (including phenoxy) is 2. The zero-order chi connectivity index (χ0) is 23.8. The van der Waals surface area contributed by atoms with E-state index in [0.717, 1.165) is 37.6 Å². The van der Waals surface area contributed by atoms with Crippen LogP contribution in [0, 0.1) is 0 Å². The molecule has 0 amide bonds. The number of thiophene rings is 2. The lowest BCUT2D eigenvalue weighted by Gasteiger charge is -2.16. The SMILES string of the molecule is CCCCCCCCCCOc1c(OCCCCCCCCCC)c2ccsc2c2sccc12. The van der Waals surface area contributed by atoms with Gasteiger partial charge in [0, 0.05) is 10.8 Å². The fourth-order valence-electron chi connectivity index (χ4n) is 4.68. The minimum atomic E-state index is 0.781. The van der Waals surface area contributed by atoms with E-state index in [2.05, 4.69) is 36.7 Å². The van der Waals surface area contributed by atoms with Gasteiger partial charge < -0.3 is 9.47 Å². The number of hydrogen-bond acceptors (Lipinski definition) is 4. The summed E-state index contributed by atoms with van der Waals surface area (Å²) in [7, 11) is 0. The minimum Gasteiger partial charge on any atom is -0.489 e. The van der Waals surface area contributed by atoms with Gasteiger partial charge in [0.15, 0.2) is 11.5 Å². The predicted molar refractivity (Wildman–Crippen MR) is 153 cm³/mol. The molecule has 0 aliphatic carbocycles. The van der Waals surface area contributed by atoms with E-state index < -0.39 is 0 Å². The summed E-state index contributed by atoms with van der Waals surface area (Å²) in [6.45, 7) is 6.12. The van der Waals surface area contributed by atoms with E-state index in [9.17, 15) is 0 Å². The molecule has 2 nitrogen and oxygen atoms in total. The first kappa shape index (κ1) is 27.3. The predicted octanol–water partition coefficient (Wildman–Crippen LogP) is 11.2. The lowest BCUT2D eigenvalue weighted by atomic mass is 10.1. The fraction of sp³-hybridized carbons (Fsp3) is 0.667. The first-order valence-corrected chi connectivity index (χ1v) is 15.8. The topological polar surface area (TPSA) is 18.5 Å². The maximum absolute atomic E-state index is 6.45. The van der Waals surface area contributed by atoms with Crippen LogP contribution in [-0.4, -0.2) is 13.2 Å². The lowest BCUT2D eigenvalue weighted by Crippen LogP contribution is -2.03. The third-order valence-corrected chi connectivity index (χ3v) is 8.71. The smallest absolute Gasteiger partial charge is 0.170 e. The zero-order valence-corrected chi connectivity index (χ0v) is 23.3. The van der Waals surface area contributed by atoms with Crippen molar-refractivity contribution in [1.82, 2.24) is 0 Å². The summed E-state index contributed by atoms with van der Waals surface area (Å²) in [6, 6.07) is 4.43. The van der Waals surface area contributed by atoms with E-state index >= 15 is 0 Å². The van der Waals surface area contributed by atoms with Gasteiger partial charge >= 0.3 is 0 Å². The van der Waals surface area contributed by atoms with Crippen LogP contribution in [0.2, 0.25) is 0 Å². The van der Waals surface area contributed by atoms with Gasteiger partial charge in [-0.15, -0.1) is 22.7 Å². The van der Waals surface area contributed by atoms with Gasteiger partial charge in [-0.25, -0.2) is 0 Å². The molecule has 0 fully saturated rings. The Morgan fingerprint density at radius 2 is 0.853 bits per heavy atom. The number of rotatable bonds is 20. The molecule has 0 radical (unpaired) electrons. The molecular formula is C30H46O2S2. The average Bonchev–Trinajstić information content (AvgIpc) is 3.52. The van der Waals surface area contributed by atoms with Crippen molar-refractivity contribution in [3.63, 3.8) is 0 Å².